The number of carbonyl (C=O) groups is 1. The highest BCUT2D eigenvalue weighted by atomic mass is 16.1. The Kier molecular flexibility index (Phi) is 1.74. The number of hydrogen-bond acceptors (Lipinski definition) is 1. The molecule has 1 heteroatoms. The molecule has 0 aromatic heterocycles. The van der Waals surface area contributed by atoms with E-state index in [-0.39, 0.29) is 0 Å². The smallest absolute Gasteiger partial charge is 0.136 e. The minimum atomic E-state index is 0.389. The molecule has 1 nitrogen and oxygen atoms in total. The van der Waals surface area contributed by atoms with Gasteiger partial charge in [0.05, 0.1) is 0 Å². The van der Waals surface area contributed by atoms with E-state index in [2.05, 4.69) is 6.92 Å². The van der Waals surface area contributed by atoms with Gasteiger partial charge in [-0.3, -0.25) is 4.79 Å². The molecule has 62 valence electrons. The van der Waals surface area contributed by atoms with Crippen LogP contribution in [0.3, 0.4) is 0 Å². The number of Topliss-reactive ketones (excluding diaryl/α,β-unsaturated/α-hetero) is 1. The average Bonchev–Trinajstić information content (AvgIpc) is 2.30. The summed E-state index contributed by atoms with van der Waals surface area (Å²) in [4.78, 5) is 11.3. The van der Waals surface area contributed by atoms with Gasteiger partial charge in [-0.1, -0.05) is 19.8 Å². The topological polar surface area (TPSA) is 17.1 Å². The normalized spacial score (nSPS) is 44.1. The van der Waals surface area contributed by atoms with Crippen LogP contribution in [0.4, 0.5) is 0 Å². The zero-order valence-electron chi connectivity index (χ0n) is 7.18. The number of hydrogen-bond donors (Lipinski definition) is 0. The molecule has 0 aromatic rings. The monoisotopic (exact) mass is 152 g/mol. The van der Waals surface area contributed by atoms with E-state index in [4.69, 9.17) is 0 Å². The van der Waals surface area contributed by atoms with E-state index in [1.165, 1.54) is 25.7 Å². The average molecular weight is 152 g/mol. The van der Waals surface area contributed by atoms with Crippen molar-refractivity contribution in [2.75, 3.05) is 0 Å². The summed E-state index contributed by atoms with van der Waals surface area (Å²) in [5, 5.41) is 0. The molecule has 2 aliphatic rings. The second-order valence-electron chi connectivity index (χ2n) is 4.17. The van der Waals surface area contributed by atoms with Crippen LogP contribution in [0, 0.1) is 17.8 Å². The molecule has 0 spiro atoms. The maximum Gasteiger partial charge on any atom is 0.136 e. The van der Waals surface area contributed by atoms with E-state index in [0.717, 1.165) is 18.3 Å². The van der Waals surface area contributed by atoms with Gasteiger partial charge < -0.3 is 0 Å². The highest BCUT2D eigenvalue weighted by molar-refractivity contribution is 5.83. The third-order valence-electron chi connectivity index (χ3n) is 3.58. The molecule has 3 atom stereocenters. The fourth-order valence-corrected chi connectivity index (χ4v) is 2.83. The summed E-state index contributed by atoms with van der Waals surface area (Å²) in [6, 6.07) is 0. The van der Waals surface area contributed by atoms with E-state index in [1.54, 1.807) is 0 Å². The lowest BCUT2D eigenvalue weighted by atomic mass is 9.79. The van der Waals surface area contributed by atoms with Crippen molar-refractivity contribution < 1.29 is 4.79 Å². The molecule has 2 fully saturated rings. The van der Waals surface area contributed by atoms with Crippen LogP contribution in [0.5, 0.6) is 0 Å². The molecule has 0 amide bonds. The molecule has 0 aliphatic heterocycles. The summed E-state index contributed by atoms with van der Waals surface area (Å²) < 4.78 is 0. The molecule has 2 unspecified atom stereocenters. The fraction of sp³-hybridized carbons (Fsp3) is 0.900. The molecule has 2 rings (SSSR count). The minimum Gasteiger partial charge on any atom is -0.299 e. The lowest BCUT2D eigenvalue weighted by Crippen LogP contribution is -2.18. The summed E-state index contributed by atoms with van der Waals surface area (Å²) in [7, 11) is 0. The van der Waals surface area contributed by atoms with Crippen LogP contribution >= 0.6 is 0 Å². The van der Waals surface area contributed by atoms with Gasteiger partial charge in [-0.15, -0.1) is 0 Å². The molecule has 2 saturated carbocycles. The number of carbonyl (C=O) groups excluding carboxylic acids is 1. The third kappa shape index (κ3) is 1.11. The largest absolute Gasteiger partial charge is 0.299 e. The third-order valence-corrected chi connectivity index (χ3v) is 3.58. The van der Waals surface area contributed by atoms with Gasteiger partial charge >= 0.3 is 0 Å². The maximum atomic E-state index is 11.3. The molecule has 2 aliphatic carbocycles. The Bertz CT molecular complexity index is 174. The standard InChI is InChI=1S/C10H16O/c1-7-9-5-3-2-4-8(9)6-10(7)11/h7-9H,2-6H2,1H3/t7-,8?,9?/m1/s1. The van der Waals surface area contributed by atoms with Crippen molar-refractivity contribution in [1.82, 2.24) is 0 Å². The van der Waals surface area contributed by atoms with Crippen molar-refractivity contribution in [2.45, 2.75) is 39.0 Å². The molecular weight excluding hydrogens is 136 g/mol. The van der Waals surface area contributed by atoms with Crippen LogP contribution in [0.15, 0.2) is 0 Å². The maximum absolute atomic E-state index is 11.3. The van der Waals surface area contributed by atoms with Crippen molar-refractivity contribution >= 4 is 5.78 Å². The van der Waals surface area contributed by atoms with Crippen molar-refractivity contribution in [3.63, 3.8) is 0 Å². The Balaban J connectivity index is 2.11. The Morgan fingerprint density at radius 1 is 1.27 bits per heavy atom. The van der Waals surface area contributed by atoms with Crippen LogP contribution in [0.2, 0.25) is 0 Å². The van der Waals surface area contributed by atoms with Gasteiger partial charge in [0.2, 0.25) is 0 Å². The fourth-order valence-electron chi connectivity index (χ4n) is 2.83. The predicted octanol–water partition coefficient (Wildman–Crippen LogP) is 2.40. The van der Waals surface area contributed by atoms with Crippen molar-refractivity contribution in [1.29, 1.82) is 0 Å². The molecule has 0 N–H and O–H groups in total. The predicted molar refractivity (Wildman–Crippen MR) is 44.2 cm³/mol. The Morgan fingerprint density at radius 2 is 2.00 bits per heavy atom. The summed E-state index contributed by atoms with van der Waals surface area (Å²) >= 11 is 0. The highest BCUT2D eigenvalue weighted by Crippen LogP contribution is 2.43. The van der Waals surface area contributed by atoms with Gasteiger partial charge in [-0.05, 0) is 24.7 Å². The number of rotatable bonds is 0. The molecular formula is C10H16O. The van der Waals surface area contributed by atoms with E-state index >= 15 is 0 Å². The van der Waals surface area contributed by atoms with E-state index in [0.29, 0.717) is 11.7 Å². The Morgan fingerprint density at radius 3 is 2.73 bits per heavy atom. The summed E-state index contributed by atoms with van der Waals surface area (Å²) in [6.45, 7) is 2.12. The number of fused-ring (bicyclic) bond motifs is 1. The van der Waals surface area contributed by atoms with Crippen LogP contribution < -0.4 is 0 Å². The molecule has 0 bridgehead atoms. The first-order valence-corrected chi connectivity index (χ1v) is 4.82. The summed E-state index contributed by atoms with van der Waals surface area (Å²) in [5.41, 5.74) is 0. The SMILES string of the molecule is C[C@H]1C(=O)CC2CCCCC21. The lowest BCUT2D eigenvalue weighted by molar-refractivity contribution is -0.120. The van der Waals surface area contributed by atoms with Gasteiger partial charge in [0, 0.05) is 12.3 Å². The first kappa shape index (κ1) is 7.33. The second kappa shape index (κ2) is 2.62. The minimum absolute atomic E-state index is 0.389. The van der Waals surface area contributed by atoms with Gasteiger partial charge in [-0.2, -0.15) is 0 Å². The van der Waals surface area contributed by atoms with Crippen molar-refractivity contribution in [2.24, 2.45) is 17.8 Å². The second-order valence-corrected chi connectivity index (χ2v) is 4.17. The van der Waals surface area contributed by atoms with Gasteiger partial charge in [-0.25, -0.2) is 0 Å². The van der Waals surface area contributed by atoms with Crippen LogP contribution in [0.1, 0.15) is 39.0 Å². The molecule has 0 radical (unpaired) electrons. The first-order chi connectivity index (χ1) is 5.29. The zero-order chi connectivity index (χ0) is 7.84. The van der Waals surface area contributed by atoms with Crippen molar-refractivity contribution in [3.05, 3.63) is 0 Å². The summed E-state index contributed by atoms with van der Waals surface area (Å²) in [6.07, 6.45) is 6.25. The summed E-state index contributed by atoms with van der Waals surface area (Å²) in [5.74, 6) is 2.45. The van der Waals surface area contributed by atoms with Crippen LogP contribution in [-0.4, -0.2) is 5.78 Å². The Hall–Kier alpha value is -0.330. The van der Waals surface area contributed by atoms with E-state index in [1.807, 2.05) is 0 Å². The molecule has 0 saturated heterocycles. The van der Waals surface area contributed by atoms with E-state index in [9.17, 15) is 4.79 Å². The highest BCUT2D eigenvalue weighted by Gasteiger charge is 2.40. The number of ketones is 1. The van der Waals surface area contributed by atoms with Gasteiger partial charge in [0.25, 0.3) is 0 Å². The molecule has 0 aromatic carbocycles. The Labute approximate surface area is 68.2 Å². The van der Waals surface area contributed by atoms with Crippen LogP contribution in [-0.2, 0) is 4.79 Å². The van der Waals surface area contributed by atoms with Gasteiger partial charge in [0.1, 0.15) is 5.78 Å². The lowest BCUT2D eigenvalue weighted by Gasteiger charge is -2.26. The van der Waals surface area contributed by atoms with Gasteiger partial charge in [0.15, 0.2) is 0 Å². The molecule has 0 heterocycles. The van der Waals surface area contributed by atoms with Crippen molar-refractivity contribution in [3.8, 4) is 0 Å². The first-order valence-electron chi connectivity index (χ1n) is 4.82. The van der Waals surface area contributed by atoms with E-state index < -0.39 is 0 Å². The zero-order valence-corrected chi connectivity index (χ0v) is 7.18. The molecule has 11 heavy (non-hydrogen) atoms. The quantitative estimate of drug-likeness (QED) is 0.521. The van der Waals surface area contributed by atoms with Crippen LogP contribution in [0.25, 0.3) is 0 Å².